The first-order valence-electron chi connectivity index (χ1n) is 10.4. The van der Waals surface area contributed by atoms with Crippen LogP contribution in [0.1, 0.15) is 34.3 Å². The Balaban J connectivity index is 1.40. The summed E-state index contributed by atoms with van der Waals surface area (Å²) in [4.78, 5) is 27.6. The zero-order chi connectivity index (χ0) is 21.8. The maximum absolute atomic E-state index is 13.0. The van der Waals surface area contributed by atoms with Crippen molar-refractivity contribution in [2.75, 3.05) is 18.4 Å². The zero-order valence-electron chi connectivity index (χ0n) is 17.4. The second-order valence-corrected chi connectivity index (χ2v) is 8.87. The molecule has 1 N–H and O–H groups in total. The van der Waals surface area contributed by atoms with Gasteiger partial charge < -0.3 is 10.2 Å². The molecule has 0 aliphatic carbocycles. The first-order valence-corrected chi connectivity index (χ1v) is 11.2. The van der Waals surface area contributed by atoms with Crippen molar-refractivity contribution in [2.45, 2.75) is 26.3 Å². The highest BCUT2D eigenvalue weighted by Crippen LogP contribution is 2.21. The van der Waals surface area contributed by atoms with Crippen molar-refractivity contribution in [1.82, 2.24) is 14.7 Å². The SMILES string of the molecule is Cc1ccc(C(=O)N2CCCC(C(=O)Nc3ccnn3Cc3cccc(Br)c3)C2)cc1. The number of amides is 2. The summed E-state index contributed by atoms with van der Waals surface area (Å²) in [6.07, 6.45) is 3.26. The number of piperidine rings is 1. The highest BCUT2D eigenvalue weighted by Gasteiger charge is 2.29. The number of likely N-dealkylation sites (tertiary alicyclic amines) is 1. The quantitative estimate of drug-likeness (QED) is 0.584. The third-order valence-electron chi connectivity index (χ3n) is 5.57. The molecule has 2 aromatic carbocycles. The largest absolute Gasteiger partial charge is 0.338 e. The molecule has 6 nitrogen and oxygen atoms in total. The number of rotatable bonds is 5. The van der Waals surface area contributed by atoms with Gasteiger partial charge >= 0.3 is 0 Å². The first-order chi connectivity index (χ1) is 15.0. The highest BCUT2D eigenvalue weighted by atomic mass is 79.9. The molecule has 2 amide bonds. The number of halogens is 1. The number of anilines is 1. The van der Waals surface area contributed by atoms with E-state index in [9.17, 15) is 9.59 Å². The van der Waals surface area contributed by atoms with Gasteiger partial charge in [-0.3, -0.25) is 9.59 Å². The fourth-order valence-electron chi connectivity index (χ4n) is 3.86. The third kappa shape index (κ3) is 5.22. The topological polar surface area (TPSA) is 67.2 Å². The summed E-state index contributed by atoms with van der Waals surface area (Å²) in [5.41, 5.74) is 2.87. The summed E-state index contributed by atoms with van der Waals surface area (Å²) in [6, 6.07) is 17.4. The molecule has 160 valence electrons. The van der Waals surface area contributed by atoms with E-state index in [1.54, 1.807) is 21.8 Å². The average Bonchev–Trinajstić information content (AvgIpc) is 3.20. The number of carbonyl (C=O) groups is 2. The van der Waals surface area contributed by atoms with E-state index in [4.69, 9.17) is 0 Å². The Labute approximate surface area is 190 Å². The fourth-order valence-corrected chi connectivity index (χ4v) is 4.30. The van der Waals surface area contributed by atoms with E-state index in [1.807, 2.05) is 55.5 Å². The lowest BCUT2D eigenvalue weighted by Crippen LogP contribution is -2.43. The number of carbonyl (C=O) groups excluding carboxylic acids is 2. The minimum Gasteiger partial charge on any atom is -0.338 e. The molecule has 1 aliphatic heterocycles. The molecule has 3 aromatic rings. The molecule has 1 saturated heterocycles. The van der Waals surface area contributed by atoms with E-state index < -0.39 is 0 Å². The normalized spacial score (nSPS) is 16.2. The second kappa shape index (κ2) is 9.47. The molecular weight excluding hydrogens is 456 g/mol. The van der Waals surface area contributed by atoms with Crippen LogP contribution in [0.3, 0.4) is 0 Å². The Morgan fingerprint density at radius 1 is 1.16 bits per heavy atom. The van der Waals surface area contributed by atoms with Crippen molar-refractivity contribution in [2.24, 2.45) is 5.92 Å². The maximum atomic E-state index is 13.0. The van der Waals surface area contributed by atoms with Gasteiger partial charge in [0, 0.05) is 29.2 Å². The first kappa shape index (κ1) is 21.3. The van der Waals surface area contributed by atoms with Gasteiger partial charge in [0.25, 0.3) is 5.91 Å². The molecule has 31 heavy (non-hydrogen) atoms. The molecule has 2 heterocycles. The van der Waals surface area contributed by atoms with Crippen molar-refractivity contribution in [3.63, 3.8) is 0 Å². The molecule has 7 heteroatoms. The summed E-state index contributed by atoms with van der Waals surface area (Å²) < 4.78 is 2.78. The van der Waals surface area contributed by atoms with Crippen molar-refractivity contribution < 1.29 is 9.59 Å². The standard InChI is InChI=1S/C24H25BrN4O2/c1-17-7-9-19(10-8-17)24(31)28-13-3-5-20(16-28)23(30)27-22-11-12-26-29(22)15-18-4-2-6-21(25)14-18/h2,4,6-12,14,20H,3,5,13,15-16H2,1H3,(H,27,30). The smallest absolute Gasteiger partial charge is 0.253 e. The van der Waals surface area contributed by atoms with E-state index in [0.717, 1.165) is 28.4 Å². The number of aromatic nitrogens is 2. The van der Waals surface area contributed by atoms with Crippen LogP contribution in [0.5, 0.6) is 0 Å². The summed E-state index contributed by atoms with van der Waals surface area (Å²) in [7, 11) is 0. The Morgan fingerprint density at radius 3 is 2.74 bits per heavy atom. The fraction of sp³-hybridized carbons (Fsp3) is 0.292. The van der Waals surface area contributed by atoms with Gasteiger partial charge in [-0.05, 0) is 49.6 Å². The van der Waals surface area contributed by atoms with Crippen LogP contribution in [-0.2, 0) is 11.3 Å². The molecular formula is C24H25BrN4O2. The number of benzene rings is 2. The predicted molar refractivity (Wildman–Crippen MR) is 124 cm³/mol. The van der Waals surface area contributed by atoms with Gasteiger partial charge in [-0.25, -0.2) is 4.68 Å². The Bertz CT molecular complexity index is 1080. The average molecular weight is 481 g/mol. The molecule has 1 atom stereocenters. The van der Waals surface area contributed by atoms with Crippen LogP contribution in [0, 0.1) is 12.8 Å². The number of aryl methyl sites for hydroxylation is 1. The summed E-state index contributed by atoms with van der Waals surface area (Å²) in [5.74, 6) is 0.332. The van der Waals surface area contributed by atoms with Crippen molar-refractivity contribution >= 4 is 33.6 Å². The van der Waals surface area contributed by atoms with Crippen LogP contribution in [0.4, 0.5) is 5.82 Å². The molecule has 0 radical (unpaired) electrons. The summed E-state index contributed by atoms with van der Waals surface area (Å²) in [6.45, 7) is 3.66. The lowest BCUT2D eigenvalue weighted by atomic mass is 9.96. The molecule has 1 aliphatic rings. The van der Waals surface area contributed by atoms with Crippen LogP contribution < -0.4 is 5.32 Å². The van der Waals surface area contributed by atoms with Crippen LogP contribution in [0.2, 0.25) is 0 Å². The van der Waals surface area contributed by atoms with Crippen LogP contribution in [-0.4, -0.2) is 39.6 Å². The number of nitrogens with one attached hydrogen (secondary N) is 1. The number of hydrogen-bond acceptors (Lipinski definition) is 3. The molecule has 1 fully saturated rings. The van der Waals surface area contributed by atoms with Gasteiger partial charge in [0.05, 0.1) is 18.7 Å². The van der Waals surface area contributed by atoms with E-state index in [0.29, 0.717) is 31.0 Å². The predicted octanol–water partition coefficient (Wildman–Crippen LogP) is 4.49. The Morgan fingerprint density at radius 2 is 1.97 bits per heavy atom. The maximum Gasteiger partial charge on any atom is 0.253 e. The van der Waals surface area contributed by atoms with Crippen LogP contribution in [0.15, 0.2) is 65.3 Å². The van der Waals surface area contributed by atoms with Crippen molar-refractivity contribution in [1.29, 1.82) is 0 Å². The molecule has 1 unspecified atom stereocenters. The minimum atomic E-state index is -0.239. The van der Waals surface area contributed by atoms with Gasteiger partial charge in [-0.15, -0.1) is 0 Å². The van der Waals surface area contributed by atoms with Crippen molar-refractivity contribution in [3.05, 3.63) is 82.0 Å². The van der Waals surface area contributed by atoms with E-state index in [-0.39, 0.29) is 17.7 Å². The van der Waals surface area contributed by atoms with Gasteiger partial charge in [-0.1, -0.05) is 45.8 Å². The monoisotopic (exact) mass is 480 g/mol. The molecule has 0 saturated carbocycles. The zero-order valence-corrected chi connectivity index (χ0v) is 19.0. The summed E-state index contributed by atoms with van der Waals surface area (Å²) in [5, 5.41) is 7.37. The highest BCUT2D eigenvalue weighted by molar-refractivity contribution is 9.10. The number of hydrogen-bond donors (Lipinski definition) is 1. The third-order valence-corrected chi connectivity index (χ3v) is 6.06. The lowest BCUT2D eigenvalue weighted by molar-refractivity contribution is -0.121. The van der Waals surface area contributed by atoms with Gasteiger partial charge in [-0.2, -0.15) is 5.10 Å². The lowest BCUT2D eigenvalue weighted by Gasteiger charge is -2.32. The van der Waals surface area contributed by atoms with Gasteiger partial charge in [0.1, 0.15) is 5.82 Å². The summed E-state index contributed by atoms with van der Waals surface area (Å²) >= 11 is 3.48. The van der Waals surface area contributed by atoms with Crippen molar-refractivity contribution in [3.8, 4) is 0 Å². The molecule has 0 bridgehead atoms. The van der Waals surface area contributed by atoms with Crippen LogP contribution in [0.25, 0.3) is 0 Å². The minimum absolute atomic E-state index is 0.0165. The number of nitrogens with zero attached hydrogens (tertiary/aromatic N) is 3. The van der Waals surface area contributed by atoms with Gasteiger partial charge in [0.15, 0.2) is 0 Å². The van der Waals surface area contributed by atoms with Crippen LogP contribution >= 0.6 is 15.9 Å². The van der Waals surface area contributed by atoms with E-state index in [2.05, 4.69) is 26.3 Å². The molecule has 4 rings (SSSR count). The van der Waals surface area contributed by atoms with E-state index >= 15 is 0 Å². The Hall–Kier alpha value is -2.93. The van der Waals surface area contributed by atoms with E-state index in [1.165, 1.54) is 0 Å². The molecule has 0 spiro atoms. The molecule has 1 aromatic heterocycles. The Kier molecular flexibility index (Phi) is 6.51. The second-order valence-electron chi connectivity index (χ2n) is 7.95. The van der Waals surface area contributed by atoms with Gasteiger partial charge in [0.2, 0.25) is 5.91 Å².